The lowest BCUT2D eigenvalue weighted by Gasteiger charge is -2.19. The van der Waals surface area contributed by atoms with Crippen LogP contribution < -0.4 is 4.74 Å². The normalized spacial score (nSPS) is 23.0. The zero-order valence-electron chi connectivity index (χ0n) is 10.4. The molecule has 4 nitrogen and oxygen atoms in total. The largest absolute Gasteiger partial charge is 0.490 e. The number of aliphatic hydroxyl groups is 1. The monoisotopic (exact) mass is 294 g/mol. The number of aliphatic hydroxyl groups excluding tert-OH is 1. The van der Waals surface area contributed by atoms with Crippen molar-refractivity contribution in [1.29, 1.82) is 0 Å². The van der Waals surface area contributed by atoms with Crippen molar-refractivity contribution < 1.29 is 9.84 Å². The van der Waals surface area contributed by atoms with Crippen LogP contribution in [0.4, 0.5) is 0 Å². The van der Waals surface area contributed by atoms with Gasteiger partial charge in [-0.3, -0.25) is 9.88 Å². The summed E-state index contributed by atoms with van der Waals surface area (Å²) in [7, 11) is 2.08. The molecule has 2 heterocycles. The zero-order valence-corrected chi connectivity index (χ0v) is 12.0. The molecule has 0 spiro atoms. The van der Waals surface area contributed by atoms with Crippen LogP contribution in [0.2, 0.25) is 0 Å². The summed E-state index contributed by atoms with van der Waals surface area (Å²) in [5.74, 6) is 1.20. The van der Waals surface area contributed by atoms with Crippen LogP contribution in [-0.2, 0) is 0 Å². The molecular formula is C12H20Cl2N2O2. The maximum Gasteiger partial charge on any atom is 0.137 e. The minimum Gasteiger partial charge on any atom is -0.490 e. The number of aromatic nitrogens is 1. The molecule has 2 atom stereocenters. The standard InChI is InChI=1S/C12H18N2O2.2ClH/c1-14-7-10(8-15)5-11(14)9-16-12-3-2-4-13-6-12;;/h2-4,6,10-11,15H,5,7-9H2,1H3;2*1H/t10-,11-;;/m0../s1. The fraction of sp³-hybridized carbons (Fsp3) is 0.583. The van der Waals surface area contributed by atoms with Gasteiger partial charge in [0.1, 0.15) is 12.4 Å². The van der Waals surface area contributed by atoms with Gasteiger partial charge in [-0.2, -0.15) is 0 Å². The molecule has 1 aliphatic heterocycles. The Labute approximate surface area is 120 Å². The highest BCUT2D eigenvalue weighted by atomic mass is 35.5. The number of pyridine rings is 1. The molecule has 0 amide bonds. The molecule has 2 rings (SSSR count). The summed E-state index contributed by atoms with van der Waals surface area (Å²) in [4.78, 5) is 6.25. The number of nitrogens with zero attached hydrogens (tertiary/aromatic N) is 2. The Kier molecular flexibility index (Phi) is 8.27. The zero-order chi connectivity index (χ0) is 11.4. The second-order valence-corrected chi connectivity index (χ2v) is 4.38. The van der Waals surface area contributed by atoms with E-state index in [0.717, 1.165) is 18.7 Å². The summed E-state index contributed by atoms with van der Waals surface area (Å²) >= 11 is 0. The van der Waals surface area contributed by atoms with Gasteiger partial charge in [0.05, 0.1) is 6.20 Å². The average molecular weight is 295 g/mol. The highest BCUT2D eigenvalue weighted by molar-refractivity contribution is 5.85. The molecule has 18 heavy (non-hydrogen) atoms. The van der Waals surface area contributed by atoms with E-state index in [2.05, 4.69) is 16.9 Å². The van der Waals surface area contributed by atoms with Gasteiger partial charge in [0.25, 0.3) is 0 Å². The van der Waals surface area contributed by atoms with Gasteiger partial charge < -0.3 is 9.84 Å². The molecule has 6 heteroatoms. The van der Waals surface area contributed by atoms with E-state index in [9.17, 15) is 0 Å². The lowest BCUT2D eigenvalue weighted by Crippen LogP contribution is -2.30. The molecule has 104 valence electrons. The van der Waals surface area contributed by atoms with Gasteiger partial charge in [0.15, 0.2) is 0 Å². The van der Waals surface area contributed by atoms with Gasteiger partial charge in [-0.15, -0.1) is 24.8 Å². The van der Waals surface area contributed by atoms with Crippen molar-refractivity contribution in [3.8, 4) is 5.75 Å². The number of hydrogen-bond acceptors (Lipinski definition) is 4. The number of ether oxygens (including phenoxy) is 1. The number of likely N-dealkylation sites (tertiary alicyclic amines) is 1. The van der Waals surface area contributed by atoms with Gasteiger partial charge >= 0.3 is 0 Å². The first kappa shape index (κ1) is 17.4. The number of halogens is 2. The highest BCUT2D eigenvalue weighted by Gasteiger charge is 2.29. The van der Waals surface area contributed by atoms with Crippen LogP contribution in [0.5, 0.6) is 5.75 Å². The third-order valence-electron chi connectivity index (χ3n) is 3.11. The van der Waals surface area contributed by atoms with E-state index in [1.54, 1.807) is 12.4 Å². The predicted octanol–water partition coefficient (Wildman–Crippen LogP) is 1.62. The Morgan fingerprint density at radius 2 is 2.28 bits per heavy atom. The fourth-order valence-corrected chi connectivity index (χ4v) is 2.15. The minimum atomic E-state index is 0. The summed E-state index contributed by atoms with van der Waals surface area (Å²) in [6.07, 6.45) is 4.46. The summed E-state index contributed by atoms with van der Waals surface area (Å²) in [5.41, 5.74) is 0. The van der Waals surface area contributed by atoms with Crippen molar-refractivity contribution in [1.82, 2.24) is 9.88 Å². The Balaban J connectivity index is 0.00000144. The van der Waals surface area contributed by atoms with Crippen LogP contribution in [0.1, 0.15) is 6.42 Å². The predicted molar refractivity (Wildman–Crippen MR) is 75.8 cm³/mol. The van der Waals surface area contributed by atoms with E-state index in [4.69, 9.17) is 9.84 Å². The first-order chi connectivity index (χ1) is 7.79. The molecule has 1 aromatic heterocycles. The van der Waals surface area contributed by atoms with Crippen LogP contribution in [0, 0.1) is 5.92 Å². The SMILES string of the molecule is CN1C[C@@H](CO)C[C@H]1COc1cccnc1.Cl.Cl. The topological polar surface area (TPSA) is 45.6 Å². The number of rotatable bonds is 4. The van der Waals surface area contributed by atoms with Crippen LogP contribution in [0.15, 0.2) is 24.5 Å². The van der Waals surface area contributed by atoms with Crippen LogP contribution in [-0.4, -0.2) is 47.8 Å². The molecule has 0 aliphatic carbocycles. The van der Waals surface area contributed by atoms with Crippen molar-refractivity contribution in [2.75, 3.05) is 26.8 Å². The van der Waals surface area contributed by atoms with Crippen molar-refractivity contribution in [3.05, 3.63) is 24.5 Å². The molecule has 0 aromatic carbocycles. The summed E-state index contributed by atoms with van der Waals surface area (Å²) in [6, 6.07) is 4.17. The fourth-order valence-electron chi connectivity index (χ4n) is 2.15. The number of likely N-dealkylation sites (N-methyl/N-ethyl adjacent to an activating group) is 1. The quantitative estimate of drug-likeness (QED) is 0.917. The van der Waals surface area contributed by atoms with Crippen molar-refractivity contribution in [2.24, 2.45) is 5.92 Å². The average Bonchev–Trinajstić information content (AvgIpc) is 2.69. The molecule has 1 fully saturated rings. The molecule has 0 saturated carbocycles. The second-order valence-electron chi connectivity index (χ2n) is 4.38. The molecule has 0 unspecified atom stereocenters. The molecular weight excluding hydrogens is 275 g/mol. The Morgan fingerprint density at radius 1 is 1.50 bits per heavy atom. The van der Waals surface area contributed by atoms with Crippen molar-refractivity contribution in [2.45, 2.75) is 12.5 Å². The van der Waals surface area contributed by atoms with E-state index < -0.39 is 0 Å². The molecule has 0 bridgehead atoms. The lowest BCUT2D eigenvalue weighted by atomic mass is 10.1. The van der Waals surface area contributed by atoms with Gasteiger partial charge in [-0.1, -0.05) is 0 Å². The van der Waals surface area contributed by atoms with Crippen molar-refractivity contribution in [3.63, 3.8) is 0 Å². The summed E-state index contributed by atoms with van der Waals surface area (Å²) < 4.78 is 5.67. The van der Waals surface area contributed by atoms with Crippen LogP contribution >= 0.6 is 24.8 Å². The van der Waals surface area contributed by atoms with E-state index >= 15 is 0 Å². The van der Waals surface area contributed by atoms with Gasteiger partial charge in [-0.25, -0.2) is 0 Å². The molecule has 1 aromatic rings. The van der Waals surface area contributed by atoms with E-state index in [0.29, 0.717) is 18.6 Å². The minimum absolute atomic E-state index is 0. The first-order valence-electron chi connectivity index (χ1n) is 5.63. The van der Waals surface area contributed by atoms with Gasteiger partial charge in [0.2, 0.25) is 0 Å². The highest BCUT2D eigenvalue weighted by Crippen LogP contribution is 2.21. The molecule has 0 radical (unpaired) electrons. The summed E-state index contributed by atoms with van der Waals surface area (Å²) in [6.45, 7) is 1.89. The maximum absolute atomic E-state index is 9.11. The third-order valence-corrected chi connectivity index (χ3v) is 3.11. The van der Waals surface area contributed by atoms with Gasteiger partial charge in [0, 0.05) is 25.4 Å². The Bertz CT molecular complexity index is 327. The van der Waals surface area contributed by atoms with Crippen LogP contribution in [0.25, 0.3) is 0 Å². The lowest BCUT2D eigenvalue weighted by molar-refractivity contribution is 0.197. The van der Waals surface area contributed by atoms with Gasteiger partial charge in [-0.05, 0) is 31.5 Å². The third kappa shape index (κ3) is 4.61. The van der Waals surface area contributed by atoms with Crippen LogP contribution in [0.3, 0.4) is 0 Å². The van der Waals surface area contributed by atoms with E-state index in [-0.39, 0.29) is 31.4 Å². The Hall–Kier alpha value is -0.550. The molecule has 1 N–H and O–H groups in total. The van der Waals surface area contributed by atoms with E-state index in [1.807, 2.05) is 12.1 Å². The van der Waals surface area contributed by atoms with E-state index in [1.165, 1.54) is 0 Å². The van der Waals surface area contributed by atoms with Crippen molar-refractivity contribution >= 4 is 24.8 Å². The maximum atomic E-state index is 9.11. The Morgan fingerprint density at radius 3 is 2.83 bits per heavy atom. The first-order valence-corrected chi connectivity index (χ1v) is 5.63. The molecule has 1 aliphatic rings. The summed E-state index contributed by atoms with van der Waals surface area (Å²) in [5, 5.41) is 9.11. The second kappa shape index (κ2) is 8.53. The number of hydrogen-bond donors (Lipinski definition) is 1. The molecule has 1 saturated heterocycles. The smallest absolute Gasteiger partial charge is 0.137 e.